The molecular weight excluding hydrogens is 464 g/mol. The molecule has 1 aromatic heterocycles. The van der Waals surface area contributed by atoms with Gasteiger partial charge in [0.15, 0.2) is 0 Å². The van der Waals surface area contributed by atoms with Gasteiger partial charge in [-0.1, -0.05) is 51.1 Å². The van der Waals surface area contributed by atoms with E-state index in [2.05, 4.69) is 30.7 Å². The second-order valence-corrected chi connectivity index (χ2v) is 11.0. The maximum atomic E-state index is 13.1. The average molecular weight is 501 g/mol. The number of rotatable bonds is 6. The Labute approximate surface area is 219 Å². The van der Waals surface area contributed by atoms with Crippen LogP contribution in [0.25, 0.3) is 11.3 Å². The molecule has 1 aliphatic rings. The van der Waals surface area contributed by atoms with Crippen LogP contribution in [0.1, 0.15) is 43.1 Å². The van der Waals surface area contributed by atoms with Gasteiger partial charge in [0.1, 0.15) is 0 Å². The largest absolute Gasteiger partial charge is 0.465 e. The van der Waals surface area contributed by atoms with Crippen LogP contribution < -0.4 is 4.90 Å². The van der Waals surface area contributed by atoms with E-state index in [4.69, 9.17) is 0 Å². The van der Waals surface area contributed by atoms with Crippen molar-refractivity contribution in [3.63, 3.8) is 0 Å². The Morgan fingerprint density at radius 2 is 1.70 bits per heavy atom. The van der Waals surface area contributed by atoms with E-state index in [0.717, 1.165) is 42.0 Å². The number of hydrogen-bond acceptors (Lipinski definition) is 4. The summed E-state index contributed by atoms with van der Waals surface area (Å²) in [7, 11) is 1.78. The van der Waals surface area contributed by atoms with Gasteiger partial charge in [-0.05, 0) is 53.8 Å². The van der Waals surface area contributed by atoms with Gasteiger partial charge in [0.05, 0.1) is 5.69 Å². The topological polar surface area (TPSA) is 77.0 Å². The predicted octanol–water partition coefficient (Wildman–Crippen LogP) is 5.63. The number of piperazine rings is 1. The number of pyridine rings is 1. The van der Waals surface area contributed by atoms with E-state index in [1.54, 1.807) is 23.0 Å². The maximum absolute atomic E-state index is 13.1. The lowest BCUT2D eigenvalue weighted by Crippen LogP contribution is -2.55. The van der Waals surface area contributed by atoms with E-state index in [9.17, 15) is 14.7 Å². The lowest BCUT2D eigenvalue weighted by Gasteiger charge is -2.42. The fraction of sp³-hybridized carbons (Fsp3) is 0.367. The van der Waals surface area contributed by atoms with Crippen molar-refractivity contribution < 1.29 is 14.7 Å². The standard InChI is InChI=1S/C30H36N4O3/c1-30(2,3)19-26-21-33(17-18-34(26)29(36)37)20-22-8-14-25(15-9-22)32(4)28(35)24-12-10-23(11-13-24)27-7-5-6-16-31-27/h5-16,26H,17-21H2,1-4H3,(H,36,37)/t26-/m0/s1. The lowest BCUT2D eigenvalue weighted by molar-refractivity contribution is 0.0479. The molecule has 2 heterocycles. The molecule has 7 nitrogen and oxygen atoms in total. The minimum atomic E-state index is -0.836. The van der Waals surface area contributed by atoms with Crippen molar-refractivity contribution in [2.24, 2.45) is 5.41 Å². The third-order valence-corrected chi connectivity index (χ3v) is 6.79. The normalized spacial score (nSPS) is 16.4. The second kappa shape index (κ2) is 11.1. The molecular formula is C30H36N4O3. The zero-order valence-corrected chi connectivity index (χ0v) is 22.1. The van der Waals surface area contributed by atoms with Gasteiger partial charge in [-0.2, -0.15) is 0 Å². The first kappa shape index (κ1) is 26.4. The Bertz CT molecular complexity index is 1200. The van der Waals surface area contributed by atoms with Crippen molar-refractivity contribution in [1.29, 1.82) is 0 Å². The number of aromatic nitrogens is 1. The lowest BCUT2D eigenvalue weighted by atomic mass is 9.86. The zero-order valence-electron chi connectivity index (χ0n) is 22.1. The first-order valence-electron chi connectivity index (χ1n) is 12.7. The van der Waals surface area contributed by atoms with Crippen LogP contribution in [0.5, 0.6) is 0 Å². The predicted molar refractivity (Wildman–Crippen MR) is 147 cm³/mol. The number of carboxylic acid groups (broad SMARTS) is 1. The van der Waals surface area contributed by atoms with Gasteiger partial charge in [0.25, 0.3) is 5.91 Å². The van der Waals surface area contributed by atoms with E-state index in [1.807, 2.05) is 66.7 Å². The van der Waals surface area contributed by atoms with Gasteiger partial charge < -0.3 is 14.9 Å². The summed E-state index contributed by atoms with van der Waals surface area (Å²) in [5, 5.41) is 9.63. The molecule has 0 saturated carbocycles. The van der Waals surface area contributed by atoms with Crippen molar-refractivity contribution in [3.8, 4) is 11.3 Å². The molecule has 1 fully saturated rings. The van der Waals surface area contributed by atoms with Crippen LogP contribution in [0.2, 0.25) is 0 Å². The van der Waals surface area contributed by atoms with Crippen LogP contribution in [0.4, 0.5) is 10.5 Å². The highest BCUT2D eigenvalue weighted by Crippen LogP contribution is 2.27. The van der Waals surface area contributed by atoms with E-state index < -0.39 is 6.09 Å². The molecule has 1 saturated heterocycles. The Hall–Kier alpha value is -3.71. The molecule has 1 N–H and O–H groups in total. The van der Waals surface area contributed by atoms with Crippen molar-refractivity contribution >= 4 is 17.7 Å². The Morgan fingerprint density at radius 3 is 2.30 bits per heavy atom. The van der Waals surface area contributed by atoms with Gasteiger partial charge in [-0.15, -0.1) is 0 Å². The molecule has 0 bridgehead atoms. The number of carbonyl (C=O) groups is 2. The highest BCUT2D eigenvalue weighted by atomic mass is 16.4. The maximum Gasteiger partial charge on any atom is 0.407 e. The molecule has 7 heteroatoms. The summed E-state index contributed by atoms with van der Waals surface area (Å²) in [5.41, 5.74) is 4.48. The first-order valence-corrected chi connectivity index (χ1v) is 12.7. The monoisotopic (exact) mass is 500 g/mol. The summed E-state index contributed by atoms with van der Waals surface area (Å²) < 4.78 is 0. The fourth-order valence-electron chi connectivity index (χ4n) is 4.91. The molecule has 0 radical (unpaired) electrons. The minimum Gasteiger partial charge on any atom is -0.465 e. The molecule has 4 rings (SSSR count). The highest BCUT2D eigenvalue weighted by Gasteiger charge is 2.33. The smallest absolute Gasteiger partial charge is 0.407 e. The quantitative estimate of drug-likeness (QED) is 0.475. The van der Waals surface area contributed by atoms with Gasteiger partial charge in [0.2, 0.25) is 0 Å². The van der Waals surface area contributed by atoms with Crippen molar-refractivity contribution in [2.75, 3.05) is 31.6 Å². The molecule has 194 valence electrons. The summed E-state index contributed by atoms with van der Waals surface area (Å²) in [5.74, 6) is -0.0739. The van der Waals surface area contributed by atoms with Crippen LogP contribution >= 0.6 is 0 Å². The third kappa shape index (κ3) is 6.74. The fourth-order valence-corrected chi connectivity index (χ4v) is 4.91. The molecule has 1 aliphatic heterocycles. The van der Waals surface area contributed by atoms with E-state index in [-0.39, 0.29) is 17.4 Å². The van der Waals surface area contributed by atoms with Crippen molar-refractivity contribution in [1.82, 2.24) is 14.8 Å². The summed E-state index contributed by atoms with van der Waals surface area (Å²) >= 11 is 0. The van der Waals surface area contributed by atoms with Crippen molar-refractivity contribution in [3.05, 3.63) is 84.1 Å². The number of amides is 2. The number of carbonyl (C=O) groups excluding carboxylic acids is 1. The molecule has 2 aromatic carbocycles. The van der Waals surface area contributed by atoms with Crippen LogP contribution in [0.3, 0.4) is 0 Å². The second-order valence-electron chi connectivity index (χ2n) is 11.0. The molecule has 37 heavy (non-hydrogen) atoms. The summed E-state index contributed by atoms with van der Waals surface area (Å²) in [4.78, 5) is 34.7. The van der Waals surface area contributed by atoms with E-state index >= 15 is 0 Å². The summed E-state index contributed by atoms with van der Waals surface area (Å²) in [6.45, 7) is 9.15. The van der Waals surface area contributed by atoms with Gasteiger partial charge in [0, 0.05) is 62.3 Å². The number of benzene rings is 2. The van der Waals surface area contributed by atoms with Crippen LogP contribution in [-0.2, 0) is 6.54 Å². The van der Waals surface area contributed by atoms with Gasteiger partial charge >= 0.3 is 6.09 Å². The van der Waals surface area contributed by atoms with Gasteiger partial charge in [-0.25, -0.2) is 4.79 Å². The molecule has 0 unspecified atom stereocenters. The van der Waals surface area contributed by atoms with Crippen LogP contribution in [-0.4, -0.2) is 64.6 Å². The first-order chi connectivity index (χ1) is 17.6. The molecule has 2 amide bonds. The molecule has 0 aliphatic carbocycles. The average Bonchev–Trinajstić information content (AvgIpc) is 2.88. The Kier molecular flexibility index (Phi) is 7.93. The van der Waals surface area contributed by atoms with Crippen molar-refractivity contribution in [2.45, 2.75) is 39.8 Å². The molecule has 0 spiro atoms. The SMILES string of the molecule is CN(C(=O)c1ccc(-c2ccccn2)cc1)c1ccc(CN2CCN(C(=O)O)[C@@H](CC(C)(C)C)C2)cc1. The minimum absolute atomic E-state index is 0.0154. The van der Waals surface area contributed by atoms with E-state index in [0.29, 0.717) is 18.7 Å². The molecule has 1 atom stereocenters. The van der Waals surface area contributed by atoms with Crippen LogP contribution in [0, 0.1) is 5.41 Å². The molecule has 3 aromatic rings. The zero-order chi connectivity index (χ0) is 26.6. The summed E-state index contributed by atoms with van der Waals surface area (Å²) in [6, 6.07) is 21.3. The number of hydrogen-bond donors (Lipinski definition) is 1. The van der Waals surface area contributed by atoms with Crippen LogP contribution in [0.15, 0.2) is 72.9 Å². The number of nitrogens with zero attached hydrogens (tertiary/aromatic N) is 4. The number of anilines is 1. The Balaban J connectivity index is 1.38. The highest BCUT2D eigenvalue weighted by molar-refractivity contribution is 6.05. The van der Waals surface area contributed by atoms with E-state index in [1.165, 1.54) is 0 Å². The Morgan fingerprint density at radius 1 is 1.00 bits per heavy atom. The third-order valence-electron chi connectivity index (χ3n) is 6.79. The van der Waals surface area contributed by atoms with Gasteiger partial charge in [-0.3, -0.25) is 14.7 Å². The summed E-state index contributed by atoms with van der Waals surface area (Å²) in [6.07, 6.45) is 1.74.